The molecule has 0 N–H and O–H groups in total. The molecule has 3 atom stereocenters. The van der Waals surface area contributed by atoms with Crippen LogP contribution in [0.2, 0.25) is 0 Å². The van der Waals surface area contributed by atoms with Crippen molar-refractivity contribution in [2.24, 2.45) is 5.92 Å². The van der Waals surface area contributed by atoms with E-state index >= 15 is 0 Å². The van der Waals surface area contributed by atoms with Gasteiger partial charge in [-0.3, -0.25) is 4.79 Å². The molecule has 3 unspecified atom stereocenters. The SMILES string of the molecule is CC(Cc1ccccc1)C(=O)N1C(C)COCC1C. The van der Waals surface area contributed by atoms with Gasteiger partial charge in [0.15, 0.2) is 0 Å². The van der Waals surface area contributed by atoms with E-state index in [4.69, 9.17) is 4.74 Å². The average Bonchev–Trinajstić information content (AvgIpc) is 2.39. The van der Waals surface area contributed by atoms with Crippen LogP contribution >= 0.6 is 0 Å². The minimum absolute atomic E-state index is 0.0189. The molecule has 3 nitrogen and oxygen atoms in total. The zero-order valence-corrected chi connectivity index (χ0v) is 12.0. The highest BCUT2D eigenvalue weighted by atomic mass is 16.5. The van der Waals surface area contributed by atoms with Crippen LogP contribution in [-0.4, -0.2) is 36.1 Å². The van der Waals surface area contributed by atoms with Gasteiger partial charge in [0.05, 0.1) is 25.3 Å². The van der Waals surface area contributed by atoms with Gasteiger partial charge in [-0.2, -0.15) is 0 Å². The Labute approximate surface area is 115 Å². The molecule has 104 valence electrons. The minimum atomic E-state index is 0.0189. The van der Waals surface area contributed by atoms with Crippen LogP contribution in [0.3, 0.4) is 0 Å². The summed E-state index contributed by atoms with van der Waals surface area (Å²) in [6.07, 6.45) is 0.802. The van der Waals surface area contributed by atoms with Crippen molar-refractivity contribution in [2.75, 3.05) is 13.2 Å². The third-order valence-corrected chi connectivity index (χ3v) is 3.73. The summed E-state index contributed by atoms with van der Waals surface area (Å²) in [5.74, 6) is 0.262. The summed E-state index contributed by atoms with van der Waals surface area (Å²) in [5.41, 5.74) is 1.22. The number of carbonyl (C=O) groups excluding carboxylic acids is 1. The van der Waals surface area contributed by atoms with Crippen molar-refractivity contribution in [3.05, 3.63) is 35.9 Å². The van der Waals surface area contributed by atoms with Crippen molar-refractivity contribution in [3.8, 4) is 0 Å². The van der Waals surface area contributed by atoms with Gasteiger partial charge in [0.1, 0.15) is 0 Å². The Kier molecular flexibility index (Phi) is 4.59. The van der Waals surface area contributed by atoms with Gasteiger partial charge >= 0.3 is 0 Å². The second kappa shape index (κ2) is 6.20. The molecule has 1 fully saturated rings. The van der Waals surface area contributed by atoms with Gasteiger partial charge in [0.2, 0.25) is 5.91 Å². The van der Waals surface area contributed by atoms with Crippen molar-refractivity contribution < 1.29 is 9.53 Å². The Hall–Kier alpha value is -1.35. The Balaban J connectivity index is 2.02. The first-order valence-electron chi connectivity index (χ1n) is 7.03. The molecule has 0 aliphatic carbocycles. The molecule has 0 saturated carbocycles. The number of hydrogen-bond acceptors (Lipinski definition) is 2. The smallest absolute Gasteiger partial charge is 0.226 e. The Morgan fingerprint density at radius 3 is 2.42 bits per heavy atom. The predicted octanol–water partition coefficient (Wildman–Crippen LogP) is 2.50. The predicted molar refractivity (Wildman–Crippen MR) is 75.9 cm³/mol. The summed E-state index contributed by atoms with van der Waals surface area (Å²) in [5, 5.41) is 0. The third kappa shape index (κ3) is 3.35. The van der Waals surface area contributed by atoms with Crippen molar-refractivity contribution in [2.45, 2.75) is 39.3 Å². The van der Waals surface area contributed by atoms with E-state index < -0.39 is 0 Å². The molecule has 1 aromatic rings. The van der Waals surface area contributed by atoms with Crippen molar-refractivity contribution in [1.29, 1.82) is 0 Å². The Morgan fingerprint density at radius 2 is 1.84 bits per heavy atom. The van der Waals surface area contributed by atoms with E-state index in [-0.39, 0.29) is 23.9 Å². The second-order valence-corrected chi connectivity index (χ2v) is 5.57. The van der Waals surface area contributed by atoms with Crippen LogP contribution in [0, 0.1) is 5.92 Å². The molecule has 3 heteroatoms. The quantitative estimate of drug-likeness (QED) is 0.836. The molecule has 1 aromatic carbocycles. The average molecular weight is 261 g/mol. The summed E-state index contributed by atoms with van der Waals surface area (Å²) in [7, 11) is 0. The molecule has 0 aromatic heterocycles. The van der Waals surface area contributed by atoms with Crippen LogP contribution < -0.4 is 0 Å². The molecule has 0 radical (unpaired) electrons. The number of rotatable bonds is 3. The van der Waals surface area contributed by atoms with E-state index in [1.807, 2.05) is 30.0 Å². The molecular weight excluding hydrogens is 238 g/mol. The van der Waals surface area contributed by atoms with Crippen molar-refractivity contribution in [3.63, 3.8) is 0 Å². The van der Waals surface area contributed by atoms with Crippen LogP contribution in [0.15, 0.2) is 30.3 Å². The zero-order chi connectivity index (χ0) is 13.8. The number of hydrogen-bond donors (Lipinski definition) is 0. The van der Waals surface area contributed by atoms with Gasteiger partial charge in [-0.25, -0.2) is 0 Å². The van der Waals surface area contributed by atoms with Gasteiger partial charge in [-0.05, 0) is 25.8 Å². The zero-order valence-electron chi connectivity index (χ0n) is 12.0. The summed E-state index contributed by atoms with van der Waals surface area (Å²) in [6, 6.07) is 10.6. The van der Waals surface area contributed by atoms with Crippen LogP contribution in [0.1, 0.15) is 26.3 Å². The van der Waals surface area contributed by atoms with Gasteiger partial charge in [0.25, 0.3) is 0 Å². The molecular formula is C16H23NO2. The molecule has 19 heavy (non-hydrogen) atoms. The lowest BCUT2D eigenvalue weighted by atomic mass is 9.98. The Bertz CT molecular complexity index is 408. The molecule has 2 rings (SSSR count). The number of nitrogens with zero attached hydrogens (tertiary/aromatic N) is 1. The second-order valence-electron chi connectivity index (χ2n) is 5.57. The number of ether oxygens (including phenoxy) is 1. The largest absolute Gasteiger partial charge is 0.377 e. The maximum Gasteiger partial charge on any atom is 0.226 e. The van der Waals surface area contributed by atoms with Crippen molar-refractivity contribution >= 4 is 5.91 Å². The Morgan fingerprint density at radius 1 is 1.26 bits per heavy atom. The highest BCUT2D eigenvalue weighted by Gasteiger charge is 2.32. The lowest BCUT2D eigenvalue weighted by molar-refractivity contribution is -0.148. The fraction of sp³-hybridized carbons (Fsp3) is 0.562. The van der Waals surface area contributed by atoms with E-state index in [1.54, 1.807) is 0 Å². The van der Waals surface area contributed by atoms with Crippen LogP contribution in [0.5, 0.6) is 0 Å². The summed E-state index contributed by atoms with van der Waals surface area (Å²) in [6.45, 7) is 7.43. The highest BCUT2D eigenvalue weighted by Crippen LogP contribution is 2.19. The van der Waals surface area contributed by atoms with Crippen LogP contribution in [-0.2, 0) is 16.0 Å². The molecule has 1 heterocycles. The van der Waals surface area contributed by atoms with E-state index in [0.717, 1.165) is 6.42 Å². The maximum absolute atomic E-state index is 12.6. The summed E-state index contributed by atoms with van der Waals surface area (Å²) in [4.78, 5) is 14.6. The molecule has 1 aliphatic heterocycles. The first kappa shape index (κ1) is 14.1. The highest BCUT2D eigenvalue weighted by molar-refractivity contribution is 5.79. The van der Waals surface area contributed by atoms with E-state index in [0.29, 0.717) is 13.2 Å². The molecule has 1 saturated heterocycles. The molecule has 0 spiro atoms. The fourth-order valence-electron chi connectivity index (χ4n) is 2.75. The van der Waals surface area contributed by atoms with Gasteiger partial charge in [0, 0.05) is 5.92 Å². The minimum Gasteiger partial charge on any atom is -0.377 e. The fourth-order valence-corrected chi connectivity index (χ4v) is 2.75. The normalized spacial score (nSPS) is 25.1. The number of carbonyl (C=O) groups is 1. The number of morpholine rings is 1. The maximum atomic E-state index is 12.6. The van der Waals surface area contributed by atoms with E-state index in [9.17, 15) is 4.79 Å². The molecule has 0 bridgehead atoms. The van der Waals surface area contributed by atoms with Crippen molar-refractivity contribution in [1.82, 2.24) is 4.90 Å². The molecule has 1 amide bonds. The lowest BCUT2D eigenvalue weighted by Gasteiger charge is -2.40. The monoisotopic (exact) mass is 261 g/mol. The number of amides is 1. The van der Waals surface area contributed by atoms with E-state index in [1.165, 1.54) is 5.56 Å². The molecule has 1 aliphatic rings. The van der Waals surface area contributed by atoms with Gasteiger partial charge in [-0.1, -0.05) is 37.3 Å². The lowest BCUT2D eigenvalue weighted by Crippen LogP contribution is -2.54. The summed E-state index contributed by atoms with van der Waals surface area (Å²) < 4.78 is 5.48. The number of benzene rings is 1. The first-order chi connectivity index (χ1) is 9.09. The van der Waals surface area contributed by atoms with Crippen LogP contribution in [0.25, 0.3) is 0 Å². The first-order valence-corrected chi connectivity index (χ1v) is 7.03. The third-order valence-electron chi connectivity index (χ3n) is 3.73. The van der Waals surface area contributed by atoms with Crippen LogP contribution in [0.4, 0.5) is 0 Å². The van der Waals surface area contributed by atoms with E-state index in [2.05, 4.69) is 26.0 Å². The van der Waals surface area contributed by atoms with Gasteiger partial charge < -0.3 is 9.64 Å². The topological polar surface area (TPSA) is 29.5 Å². The standard InChI is InChI=1S/C16H23NO2/c1-12(9-15-7-5-4-6-8-15)16(18)17-13(2)10-19-11-14(17)3/h4-8,12-14H,9-11H2,1-3H3. The summed E-state index contributed by atoms with van der Waals surface area (Å²) >= 11 is 0. The van der Waals surface area contributed by atoms with Gasteiger partial charge in [-0.15, -0.1) is 0 Å².